The Hall–Kier alpha value is -1.51. The van der Waals surface area contributed by atoms with Gasteiger partial charge in [0.1, 0.15) is 17.7 Å². The van der Waals surface area contributed by atoms with E-state index in [-0.39, 0.29) is 5.56 Å². The van der Waals surface area contributed by atoms with Crippen LogP contribution in [-0.2, 0) is 4.74 Å². The van der Waals surface area contributed by atoms with Gasteiger partial charge in [-0.2, -0.15) is 5.26 Å². The maximum atomic E-state index is 13.6. The van der Waals surface area contributed by atoms with E-state index in [9.17, 15) is 8.78 Å². The minimum atomic E-state index is -0.681. The van der Waals surface area contributed by atoms with E-state index >= 15 is 0 Å². The van der Waals surface area contributed by atoms with E-state index in [0.717, 1.165) is 6.07 Å². The maximum Gasteiger partial charge on any atom is 0.131 e. The lowest BCUT2D eigenvalue weighted by Crippen LogP contribution is -2.38. The lowest BCUT2D eigenvalue weighted by molar-refractivity contribution is 0.0260. The van der Waals surface area contributed by atoms with Crippen LogP contribution in [0.4, 0.5) is 8.78 Å². The van der Waals surface area contributed by atoms with E-state index in [4.69, 9.17) is 10.00 Å². The SMILES string of the molecule is N#CC(c1ccc(F)cc1F)N1CCOCC1. The summed E-state index contributed by atoms with van der Waals surface area (Å²) in [6, 6.07) is 4.68. The molecule has 0 radical (unpaired) electrons. The van der Waals surface area contributed by atoms with Crippen LogP contribution >= 0.6 is 0 Å². The number of nitrogens with zero attached hydrogens (tertiary/aromatic N) is 2. The zero-order valence-electron chi connectivity index (χ0n) is 9.20. The average Bonchev–Trinajstić information content (AvgIpc) is 2.34. The van der Waals surface area contributed by atoms with Gasteiger partial charge in [-0.05, 0) is 6.07 Å². The van der Waals surface area contributed by atoms with Crippen molar-refractivity contribution in [1.29, 1.82) is 5.26 Å². The molecule has 0 spiro atoms. The van der Waals surface area contributed by atoms with Crippen LogP contribution in [0.1, 0.15) is 11.6 Å². The largest absolute Gasteiger partial charge is 0.379 e. The molecule has 1 heterocycles. The average molecular weight is 238 g/mol. The van der Waals surface area contributed by atoms with Crippen molar-refractivity contribution < 1.29 is 13.5 Å². The molecule has 0 saturated carbocycles. The molecular formula is C12H12F2N2O. The van der Waals surface area contributed by atoms with E-state index in [1.165, 1.54) is 12.1 Å². The third kappa shape index (κ3) is 2.60. The van der Waals surface area contributed by atoms with Crippen molar-refractivity contribution in [2.24, 2.45) is 0 Å². The Morgan fingerprint density at radius 3 is 2.59 bits per heavy atom. The zero-order valence-corrected chi connectivity index (χ0v) is 9.20. The van der Waals surface area contributed by atoms with Crippen LogP contribution in [0.2, 0.25) is 0 Å². The second-order valence-electron chi connectivity index (χ2n) is 3.85. The summed E-state index contributed by atoms with van der Waals surface area (Å²) in [6.07, 6.45) is 0. The molecular weight excluding hydrogens is 226 g/mol. The lowest BCUT2D eigenvalue weighted by Gasteiger charge is -2.30. The number of benzene rings is 1. The van der Waals surface area contributed by atoms with Gasteiger partial charge in [0, 0.05) is 24.7 Å². The standard InChI is InChI=1S/C12H12F2N2O/c13-9-1-2-10(11(14)7-9)12(8-15)16-3-5-17-6-4-16/h1-2,7,12H,3-6H2. The Balaban J connectivity index is 2.25. The normalized spacial score (nSPS) is 18.6. The molecule has 0 aromatic heterocycles. The molecule has 5 heteroatoms. The predicted molar refractivity (Wildman–Crippen MR) is 57.1 cm³/mol. The number of halogens is 2. The van der Waals surface area contributed by atoms with Gasteiger partial charge in [-0.1, -0.05) is 6.07 Å². The molecule has 2 rings (SSSR count). The number of ether oxygens (including phenoxy) is 1. The van der Waals surface area contributed by atoms with Gasteiger partial charge in [0.2, 0.25) is 0 Å². The van der Waals surface area contributed by atoms with Gasteiger partial charge in [-0.3, -0.25) is 4.90 Å². The predicted octanol–water partition coefficient (Wildman–Crippen LogP) is 1.86. The van der Waals surface area contributed by atoms with Crippen LogP contribution in [0.3, 0.4) is 0 Å². The Kier molecular flexibility index (Phi) is 3.67. The molecule has 0 bridgehead atoms. The van der Waals surface area contributed by atoms with Crippen molar-refractivity contribution >= 4 is 0 Å². The van der Waals surface area contributed by atoms with Crippen molar-refractivity contribution in [3.63, 3.8) is 0 Å². The van der Waals surface area contributed by atoms with Gasteiger partial charge in [-0.25, -0.2) is 8.78 Å². The van der Waals surface area contributed by atoms with E-state index < -0.39 is 17.7 Å². The molecule has 90 valence electrons. The summed E-state index contributed by atoms with van der Waals surface area (Å²) in [4.78, 5) is 1.83. The molecule has 0 aliphatic carbocycles. The molecule has 1 aliphatic heterocycles. The van der Waals surface area contributed by atoms with Crippen molar-refractivity contribution in [1.82, 2.24) is 4.90 Å². The number of hydrogen-bond donors (Lipinski definition) is 0. The summed E-state index contributed by atoms with van der Waals surface area (Å²) in [5.41, 5.74) is 0.218. The summed E-state index contributed by atoms with van der Waals surface area (Å²) in [5.74, 6) is -1.31. The van der Waals surface area contributed by atoms with E-state index in [0.29, 0.717) is 26.3 Å². The first-order chi connectivity index (χ1) is 8.22. The smallest absolute Gasteiger partial charge is 0.131 e. The van der Waals surface area contributed by atoms with Crippen LogP contribution in [0.5, 0.6) is 0 Å². The highest BCUT2D eigenvalue weighted by atomic mass is 19.1. The Labute approximate surface area is 98.2 Å². The fourth-order valence-electron chi connectivity index (χ4n) is 1.91. The number of nitriles is 1. The van der Waals surface area contributed by atoms with Gasteiger partial charge in [-0.15, -0.1) is 0 Å². The molecule has 1 aliphatic rings. The van der Waals surface area contributed by atoms with Gasteiger partial charge < -0.3 is 4.74 Å². The molecule has 17 heavy (non-hydrogen) atoms. The molecule has 1 saturated heterocycles. The first kappa shape index (κ1) is 12.0. The van der Waals surface area contributed by atoms with Gasteiger partial charge in [0.25, 0.3) is 0 Å². The zero-order chi connectivity index (χ0) is 12.3. The maximum absolute atomic E-state index is 13.6. The second kappa shape index (κ2) is 5.21. The van der Waals surface area contributed by atoms with Crippen molar-refractivity contribution in [3.8, 4) is 6.07 Å². The summed E-state index contributed by atoms with van der Waals surface area (Å²) < 4.78 is 31.6. The monoisotopic (exact) mass is 238 g/mol. The third-order valence-electron chi connectivity index (χ3n) is 2.79. The van der Waals surface area contributed by atoms with Crippen molar-refractivity contribution in [3.05, 3.63) is 35.4 Å². The lowest BCUT2D eigenvalue weighted by atomic mass is 10.1. The summed E-state index contributed by atoms with van der Waals surface area (Å²) in [5, 5.41) is 9.13. The number of hydrogen-bond acceptors (Lipinski definition) is 3. The quantitative estimate of drug-likeness (QED) is 0.789. The Morgan fingerprint density at radius 1 is 1.29 bits per heavy atom. The Morgan fingerprint density at radius 2 is 2.00 bits per heavy atom. The molecule has 3 nitrogen and oxygen atoms in total. The van der Waals surface area contributed by atoms with Gasteiger partial charge in [0.15, 0.2) is 0 Å². The molecule has 1 unspecified atom stereocenters. The highest BCUT2D eigenvalue weighted by Crippen LogP contribution is 2.24. The minimum Gasteiger partial charge on any atom is -0.379 e. The van der Waals surface area contributed by atoms with E-state index in [1.54, 1.807) is 0 Å². The topological polar surface area (TPSA) is 36.3 Å². The van der Waals surface area contributed by atoms with Crippen LogP contribution in [0.15, 0.2) is 18.2 Å². The fourth-order valence-corrected chi connectivity index (χ4v) is 1.91. The molecule has 1 atom stereocenters. The first-order valence-corrected chi connectivity index (χ1v) is 5.38. The molecule has 1 fully saturated rings. The van der Waals surface area contributed by atoms with Crippen LogP contribution in [0, 0.1) is 23.0 Å². The molecule has 0 N–H and O–H groups in total. The van der Waals surface area contributed by atoms with E-state index in [2.05, 4.69) is 6.07 Å². The third-order valence-corrected chi connectivity index (χ3v) is 2.79. The highest BCUT2D eigenvalue weighted by molar-refractivity contribution is 5.26. The Bertz CT molecular complexity index is 439. The second-order valence-corrected chi connectivity index (χ2v) is 3.85. The van der Waals surface area contributed by atoms with Crippen molar-refractivity contribution in [2.75, 3.05) is 26.3 Å². The van der Waals surface area contributed by atoms with Gasteiger partial charge >= 0.3 is 0 Å². The van der Waals surface area contributed by atoms with Crippen molar-refractivity contribution in [2.45, 2.75) is 6.04 Å². The number of morpholine rings is 1. The minimum absolute atomic E-state index is 0.218. The highest BCUT2D eigenvalue weighted by Gasteiger charge is 2.24. The van der Waals surface area contributed by atoms with Crippen LogP contribution < -0.4 is 0 Å². The fraction of sp³-hybridized carbons (Fsp3) is 0.417. The molecule has 1 aromatic rings. The first-order valence-electron chi connectivity index (χ1n) is 5.38. The molecule has 1 aromatic carbocycles. The van der Waals surface area contributed by atoms with E-state index in [1.807, 2.05) is 4.90 Å². The summed E-state index contributed by atoms with van der Waals surface area (Å²) in [6.45, 7) is 2.21. The molecule has 0 amide bonds. The summed E-state index contributed by atoms with van der Waals surface area (Å²) >= 11 is 0. The van der Waals surface area contributed by atoms with Crippen LogP contribution in [-0.4, -0.2) is 31.2 Å². The van der Waals surface area contributed by atoms with Crippen LogP contribution in [0.25, 0.3) is 0 Å². The summed E-state index contributed by atoms with van der Waals surface area (Å²) in [7, 11) is 0. The number of rotatable bonds is 2. The van der Waals surface area contributed by atoms with Gasteiger partial charge in [0.05, 0.1) is 19.3 Å².